The molecule has 0 aliphatic carbocycles. The van der Waals surface area contributed by atoms with Gasteiger partial charge in [-0.25, -0.2) is 0 Å². The number of nitrogens with one attached hydrogen (secondary N) is 2. The minimum atomic E-state index is -0.131. The van der Waals surface area contributed by atoms with Crippen LogP contribution >= 0.6 is 0 Å². The third-order valence-electron chi connectivity index (χ3n) is 3.98. The van der Waals surface area contributed by atoms with Crippen LogP contribution in [0.3, 0.4) is 0 Å². The van der Waals surface area contributed by atoms with Gasteiger partial charge in [-0.05, 0) is 49.6 Å². The molecule has 2 aromatic rings. The highest BCUT2D eigenvalue weighted by atomic mass is 16.5. The third-order valence-corrected chi connectivity index (χ3v) is 3.98. The zero-order valence-corrected chi connectivity index (χ0v) is 15.5. The summed E-state index contributed by atoms with van der Waals surface area (Å²) >= 11 is 0. The number of aryl methyl sites for hydroxylation is 1. The van der Waals surface area contributed by atoms with E-state index in [-0.39, 0.29) is 17.9 Å². The van der Waals surface area contributed by atoms with Crippen LogP contribution in [0.2, 0.25) is 0 Å². The molecular weight excluding hydrogens is 328 g/mol. The molecule has 0 fully saturated rings. The molecule has 0 saturated carbocycles. The highest BCUT2D eigenvalue weighted by molar-refractivity contribution is 5.88. The van der Waals surface area contributed by atoms with Gasteiger partial charge in [0.1, 0.15) is 5.75 Å². The molecule has 138 valence electrons. The summed E-state index contributed by atoms with van der Waals surface area (Å²) in [5, 5.41) is 5.73. The van der Waals surface area contributed by atoms with Crippen molar-refractivity contribution in [2.24, 2.45) is 0 Å². The maximum absolute atomic E-state index is 12.1. The van der Waals surface area contributed by atoms with Gasteiger partial charge in [0.15, 0.2) is 0 Å². The standard InChI is InChI=1S/C21H26N2O3/c1-15-8-4-5-11-20(15)26-13-7-12-21(25)22-16(2)18-9-6-10-19(14-18)23-17(3)24/h4-6,8-11,14,16H,7,12-13H2,1-3H3,(H,22,25)(H,23,24). The van der Waals surface area contributed by atoms with Gasteiger partial charge in [-0.1, -0.05) is 30.3 Å². The molecule has 1 atom stereocenters. The Morgan fingerprint density at radius 2 is 1.88 bits per heavy atom. The fourth-order valence-electron chi connectivity index (χ4n) is 2.62. The zero-order chi connectivity index (χ0) is 18.9. The highest BCUT2D eigenvalue weighted by Crippen LogP contribution is 2.18. The van der Waals surface area contributed by atoms with Crippen molar-refractivity contribution in [2.45, 2.75) is 39.7 Å². The van der Waals surface area contributed by atoms with Gasteiger partial charge in [-0.15, -0.1) is 0 Å². The number of carbonyl (C=O) groups excluding carboxylic acids is 2. The van der Waals surface area contributed by atoms with Gasteiger partial charge in [-0.2, -0.15) is 0 Å². The van der Waals surface area contributed by atoms with Crippen molar-refractivity contribution < 1.29 is 14.3 Å². The van der Waals surface area contributed by atoms with Crippen LogP contribution in [0.5, 0.6) is 5.75 Å². The van der Waals surface area contributed by atoms with E-state index in [1.165, 1.54) is 6.92 Å². The second kappa shape index (κ2) is 9.61. The fourth-order valence-corrected chi connectivity index (χ4v) is 2.62. The number of hydrogen-bond acceptors (Lipinski definition) is 3. The first-order valence-corrected chi connectivity index (χ1v) is 8.81. The van der Waals surface area contributed by atoms with E-state index in [1.54, 1.807) is 0 Å². The predicted octanol–water partition coefficient (Wildman–Crippen LogP) is 3.99. The first-order valence-electron chi connectivity index (χ1n) is 8.81. The Hall–Kier alpha value is -2.82. The number of carbonyl (C=O) groups is 2. The molecule has 1 unspecified atom stereocenters. The molecule has 0 aliphatic rings. The second-order valence-corrected chi connectivity index (χ2v) is 6.31. The van der Waals surface area contributed by atoms with Gasteiger partial charge in [-0.3, -0.25) is 9.59 Å². The van der Waals surface area contributed by atoms with Crippen molar-refractivity contribution in [3.63, 3.8) is 0 Å². The van der Waals surface area contributed by atoms with Crippen LogP contribution < -0.4 is 15.4 Å². The molecule has 0 bridgehead atoms. The smallest absolute Gasteiger partial charge is 0.221 e. The molecule has 0 spiro atoms. The van der Waals surface area contributed by atoms with Crippen LogP contribution in [0.4, 0.5) is 5.69 Å². The van der Waals surface area contributed by atoms with Crippen molar-refractivity contribution in [1.82, 2.24) is 5.32 Å². The van der Waals surface area contributed by atoms with Gasteiger partial charge < -0.3 is 15.4 Å². The van der Waals surface area contributed by atoms with Gasteiger partial charge >= 0.3 is 0 Å². The number of benzene rings is 2. The second-order valence-electron chi connectivity index (χ2n) is 6.31. The Morgan fingerprint density at radius 3 is 2.62 bits per heavy atom. The van der Waals surface area contributed by atoms with Crippen LogP contribution in [-0.4, -0.2) is 18.4 Å². The SMILES string of the molecule is CC(=O)Nc1cccc(C(C)NC(=O)CCCOc2ccccc2C)c1. The Kier molecular flexibility index (Phi) is 7.21. The van der Waals surface area contributed by atoms with E-state index in [0.717, 1.165) is 22.6 Å². The van der Waals surface area contributed by atoms with Crippen molar-refractivity contribution in [1.29, 1.82) is 0 Å². The summed E-state index contributed by atoms with van der Waals surface area (Å²) in [5.41, 5.74) is 2.76. The van der Waals surface area contributed by atoms with E-state index in [1.807, 2.05) is 62.4 Å². The fraction of sp³-hybridized carbons (Fsp3) is 0.333. The molecule has 2 rings (SSSR count). The zero-order valence-electron chi connectivity index (χ0n) is 15.5. The molecule has 5 nitrogen and oxygen atoms in total. The minimum Gasteiger partial charge on any atom is -0.493 e. The molecule has 0 radical (unpaired) electrons. The largest absolute Gasteiger partial charge is 0.493 e. The quantitative estimate of drug-likeness (QED) is 0.704. The lowest BCUT2D eigenvalue weighted by Gasteiger charge is -2.16. The third kappa shape index (κ3) is 6.24. The summed E-state index contributed by atoms with van der Waals surface area (Å²) in [6.07, 6.45) is 1.06. The van der Waals surface area contributed by atoms with E-state index < -0.39 is 0 Å². The van der Waals surface area contributed by atoms with Crippen molar-refractivity contribution in [3.8, 4) is 5.75 Å². The maximum Gasteiger partial charge on any atom is 0.221 e. The van der Waals surface area contributed by atoms with Crippen LogP contribution in [0, 0.1) is 6.92 Å². The molecule has 2 aromatic carbocycles. The van der Waals surface area contributed by atoms with E-state index in [2.05, 4.69) is 10.6 Å². The molecule has 0 heterocycles. The van der Waals surface area contributed by atoms with Crippen LogP contribution in [0.15, 0.2) is 48.5 Å². The van der Waals surface area contributed by atoms with Gasteiger partial charge in [0.05, 0.1) is 12.6 Å². The number of rotatable bonds is 8. The molecule has 2 N–H and O–H groups in total. The van der Waals surface area contributed by atoms with Gasteiger partial charge in [0.2, 0.25) is 11.8 Å². The molecule has 0 saturated heterocycles. The lowest BCUT2D eigenvalue weighted by molar-refractivity contribution is -0.122. The van der Waals surface area contributed by atoms with E-state index in [0.29, 0.717) is 19.4 Å². The molecule has 0 aliphatic heterocycles. The number of para-hydroxylation sites is 1. The average molecular weight is 354 g/mol. The Morgan fingerprint density at radius 1 is 1.12 bits per heavy atom. The number of ether oxygens (including phenoxy) is 1. The molecular formula is C21H26N2O3. The first kappa shape index (κ1) is 19.5. The van der Waals surface area contributed by atoms with E-state index in [9.17, 15) is 9.59 Å². The first-order chi connectivity index (χ1) is 12.5. The van der Waals surface area contributed by atoms with E-state index >= 15 is 0 Å². The summed E-state index contributed by atoms with van der Waals surface area (Å²) < 4.78 is 5.71. The molecule has 2 amide bonds. The average Bonchev–Trinajstić information content (AvgIpc) is 2.59. The summed E-state index contributed by atoms with van der Waals surface area (Å²) in [7, 11) is 0. The van der Waals surface area contributed by atoms with Gasteiger partial charge in [0, 0.05) is 19.0 Å². The summed E-state index contributed by atoms with van der Waals surface area (Å²) in [6.45, 7) is 5.90. The van der Waals surface area contributed by atoms with Crippen LogP contribution in [-0.2, 0) is 9.59 Å². The predicted molar refractivity (Wildman–Crippen MR) is 103 cm³/mol. The molecule has 26 heavy (non-hydrogen) atoms. The Labute approximate surface area is 154 Å². The topological polar surface area (TPSA) is 67.4 Å². The van der Waals surface area contributed by atoms with Gasteiger partial charge in [0.25, 0.3) is 0 Å². The summed E-state index contributed by atoms with van der Waals surface area (Å²) in [6, 6.07) is 15.2. The Bertz CT molecular complexity index is 758. The van der Waals surface area contributed by atoms with Crippen molar-refractivity contribution in [3.05, 3.63) is 59.7 Å². The normalized spacial score (nSPS) is 11.5. The maximum atomic E-state index is 12.1. The highest BCUT2D eigenvalue weighted by Gasteiger charge is 2.10. The van der Waals surface area contributed by atoms with Crippen LogP contribution in [0.1, 0.15) is 43.9 Å². The monoisotopic (exact) mass is 354 g/mol. The number of hydrogen-bond donors (Lipinski definition) is 2. The summed E-state index contributed by atoms with van der Waals surface area (Å²) in [5.74, 6) is 0.722. The molecule has 5 heteroatoms. The lowest BCUT2D eigenvalue weighted by atomic mass is 10.1. The number of amides is 2. The molecule has 0 aromatic heterocycles. The Balaban J connectivity index is 1.76. The minimum absolute atomic E-state index is 0.0178. The summed E-state index contributed by atoms with van der Waals surface area (Å²) in [4.78, 5) is 23.3. The van der Waals surface area contributed by atoms with Crippen LogP contribution in [0.25, 0.3) is 0 Å². The van der Waals surface area contributed by atoms with E-state index in [4.69, 9.17) is 4.74 Å². The van der Waals surface area contributed by atoms with Crippen molar-refractivity contribution in [2.75, 3.05) is 11.9 Å². The van der Waals surface area contributed by atoms with Crippen molar-refractivity contribution >= 4 is 17.5 Å². The number of anilines is 1. The lowest BCUT2D eigenvalue weighted by Crippen LogP contribution is -2.26.